The van der Waals surface area contributed by atoms with E-state index in [0.717, 1.165) is 51.9 Å². The van der Waals surface area contributed by atoms with Crippen molar-refractivity contribution >= 4 is 5.91 Å². The van der Waals surface area contributed by atoms with Crippen LogP contribution in [0.25, 0.3) is 0 Å². The lowest BCUT2D eigenvalue weighted by Gasteiger charge is -2.32. The quantitative estimate of drug-likeness (QED) is 0.774. The third-order valence-corrected chi connectivity index (χ3v) is 4.30. The molecule has 0 radical (unpaired) electrons. The molecule has 0 saturated carbocycles. The first kappa shape index (κ1) is 14.6. The fourth-order valence-electron chi connectivity index (χ4n) is 3.23. The van der Waals surface area contributed by atoms with Crippen LogP contribution in [0.2, 0.25) is 0 Å². The molecular weight excluding hydrogens is 236 g/mol. The van der Waals surface area contributed by atoms with Gasteiger partial charge in [-0.1, -0.05) is 19.1 Å². The maximum Gasteiger partial charge on any atom is 0.226 e. The summed E-state index contributed by atoms with van der Waals surface area (Å²) in [5.74, 6) is 1.30. The molecule has 1 aliphatic carbocycles. The van der Waals surface area contributed by atoms with Crippen LogP contribution in [0.15, 0.2) is 12.2 Å². The van der Waals surface area contributed by atoms with E-state index in [1.807, 2.05) is 0 Å². The average Bonchev–Trinajstić information content (AvgIpc) is 2.48. The van der Waals surface area contributed by atoms with Crippen molar-refractivity contribution in [1.82, 2.24) is 10.2 Å². The van der Waals surface area contributed by atoms with Gasteiger partial charge in [0.05, 0.1) is 0 Å². The Hall–Kier alpha value is -0.830. The molecule has 2 aliphatic rings. The molecule has 2 unspecified atom stereocenters. The summed E-state index contributed by atoms with van der Waals surface area (Å²) >= 11 is 0. The van der Waals surface area contributed by atoms with Gasteiger partial charge in [0, 0.05) is 19.0 Å². The fraction of sp³-hybridized carbons (Fsp3) is 0.812. The molecule has 1 aliphatic heterocycles. The molecule has 0 bridgehead atoms. The summed E-state index contributed by atoms with van der Waals surface area (Å²) in [5, 5.41) is 3.45. The zero-order chi connectivity index (χ0) is 13.5. The monoisotopic (exact) mass is 264 g/mol. The molecule has 0 aromatic carbocycles. The number of hydrogen-bond acceptors (Lipinski definition) is 2. The van der Waals surface area contributed by atoms with Crippen molar-refractivity contribution in [2.24, 2.45) is 11.8 Å². The number of nitrogens with one attached hydrogen (secondary N) is 1. The lowest BCUT2D eigenvalue weighted by Crippen LogP contribution is -2.43. The molecule has 1 N–H and O–H groups in total. The number of rotatable bonds is 5. The van der Waals surface area contributed by atoms with Gasteiger partial charge in [-0.05, 0) is 57.5 Å². The van der Waals surface area contributed by atoms with Crippen molar-refractivity contribution in [3.8, 4) is 0 Å². The molecule has 0 aromatic rings. The van der Waals surface area contributed by atoms with Crippen LogP contribution < -0.4 is 5.32 Å². The van der Waals surface area contributed by atoms with Crippen LogP contribution in [0, 0.1) is 11.8 Å². The topological polar surface area (TPSA) is 32.3 Å². The third kappa shape index (κ3) is 4.34. The maximum absolute atomic E-state index is 12.6. The smallest absolute Gasteiger partial charge is 0.226 e. The molecule has 1 heterocycles. The van der Waals surface area contributed by atoms with Crippen LogP contribution in [0.3, 0.4) is 0 Å². The Balaban J connectivity index is 1.89. The summed E-state index contributed by atoms with van der Waals surface area (Å²) in [4.78, 5) is 14.8. The van der Waals surface area contributed by atoms with Crippen LogP contribution in [-0.2, 0) is 4.79 Å². The van der Waals surface area contributed by atoms with Gasteiger partial charge in [-0.15, -0.1) is 0 Å². The number of amides is 1. The lowest BCUT2D eigenvalue weighted by atomic mass is 9.92. The van der Waals surface area contributed by atoms with E-state index in [1.54, 1.807) is 0 Å². The Morgan fingerprint density at radius 3 is 2.89 bits per heavy atom. The van der Waals surface area contributed by atoms with Crippen LogP contribution in [-0.4, -0.2) is 37.0 Å². The molecule has 1 amide bonds. The van der Waals surface area contributed by atoms with Gasteiger partial charge in [0.2, 0.25) is 5.91 Å². The van der Waals surface area contributed by atoms with Crippen molar-refractivity contribution in [2.45, 2.75) is 45.4 Å². The molecule has 2 atom stereocenters. The number of piperidine rings is 1. The number of hydrogen-bond donors (Lipinski definition) is 1. The minimum Gasteiger partial charge on any atom is -0.342 e. The van der Waals surface area contributed by atoms with Crippen molar-refractivity contribution in [3.63, 3.8) is 0 Å². The van der Waals surface area contributed by atoms with Gasteiger partial charge in [0.25, 0.3) is 0 Å². The highest BCUT2D eigenvalue weighted by molar-refractivity contribution is 5.79. The highest BCUT2D eigenvalue weighted by Crippen LogP contribution is 2.22. The largest absolute Gasteiger partial charge is 0.342 e. The molecule has 108 valence electrons. The normalized spacial score (nSPS) is 27.2. The highest BCUT2D eigenvalue weighted by atomic mass is 16.2. The van der Waals surface area contributed by atoms with Crippen LogP contribution in [0.4, 0.5) is 0 Å². The van der Waals surface area contributed by atoms with E-state index < -0.39 is 0 Å². The van der Waals surface area contributed by atoms with Crippen LogP contribution in [0.1, 0.15) is 45.4 Å². The highest BCUT2D eigenvalue weighted by Gasteiger charge is 2.26. The molecule has 1 fully saturated rings. The minimum atomic E-state index is 0.244. The standard InChI is InChI=1S/C16H28N2O/c1-2-11-18(13-14-7-6-10-17-12-14)16(19)15-8-4-3-5-9-15/h3-4,14-15,17H,2,5-13H2,1H3. The second kappa shape index (κ2) is 7.68. The van der Waals surface area contributed by atoms with Gasteiger partial charge in [0.15, 0.2) is 0 Å². The average molecular weight is 264 g/mol. The zero-order valence-corrected chi connectivity index (χ0v) is 12.2. The molecule has 0 spiro atoms. The summed E-state index contributed by atoms with van der Waals surface area (Å²) in [5.41, 5.74) is 0. The van der Waals surface area contributed by atoms with Crippen molar-refractivity contribution in [3.05, 3.63) is 12.2 Å². The summed E-state index contributed by atoms with van der Waals surface area (Å²) in [6.07, 6.45) is 11.0. The Bertz CT molecular complexity index is 308. The molecule has 19 heavy (non-hydrogen) atoms. The predicted octanol–water partition coefficient (Wildman–Crippen LogP) is 2.58. The molecule has 1 saturated heterocycles. The fourth-order valence-corrected chi connectivity index (χ4v) is 3.23. The van der Waals surface area contributed by atoms with E-state index in [-0.39, 0.29) is 5.92 Å². The van der Waals surface area contributed by atoms with E-state index >= 15 is 0 Å². The van der Waals surface area contributed by atoms with Gasteiger partial charge >= 0.3 is 0 Å². The van der Waals surface area contributed by atoms with Crippen molar-refractivity contribution < 1.29 is 4.79 Å². The lowest BCUT2D eigenvalue weighted by molar-refractivity contribution is -0.136. The second-order valence-corrected chi connectivity index (χ2v) is 5.98. The van der Waals surface area contributed by atoms with Gasteiger partial charge in [0.1, 0.15) is 0 Å². The SMILES string of the molecule is CCCN(CC1CCCNC1)C(=O)C1CC=CCC1. The van der Waals surface area contributed by atoms with E-state index in [2.05, 4.69) is 29.3 Å². The van der Waals surface area contributed by atoms with Crippen molar-refractivity contribution in [2.75, 3.05) is 26.2 Å². The van der Waals surface area contributed by atoms with Crippen LogP contribution in [0.5, 0.6) is 0 Å². The predicted molar refractivity (Wildman–Crippen MR) is 78.9 cm³/mol. The van der Waals surface area contributed by atoms with Crippen LogP contribution >= 0.6 is 0 Å². The van der Waals surface area contributed by atoms with Gasteiger partial charge in [-0.25, -0.2) is 0 Å². The Morgan fingerprint density at radius 1 is 1.37 bits per heavy atom. The molecule has 2 rings (SSSR count). The number of carbonyl (C=O) groups excluding carboxylic acids is 1. The molecular formula is C16H28N2O. The molecule has 0 aromatic heterocycles. The Labute approximate surface area is 117 Å². The first-order valence-electron chi connectivity index (χ1n) is 7.95. The van der Waals surface area contributed by atoms with Gasteiger partial charge in [-0.2, -0.15) is 0 Å². The van der Waals surface area contributed by atoms with E-state index in [9.17, 15) is 4.79 Å². The number of nitrogens with zero attached hydrogens (tertiary/aromatic N) is 1. The van der Waals surface area contributed by atoms with E-state index in [0.29, 0.717) is 11.8 Å². The summed E-state index contributed by atoms with van der Waals surface area (Å²) in [7, 11) is 0. The first-order valence-corrected chi connectivity index (χ1v) is 7.95. The van der Waals surface area contributed by atoms with E-state index in [4.69, 9.17) is 0 Å². The molecule has 3 heteroatoms. The van der Waals surface area contributed by atoms with Gasteiger partial charge in [-0.3, -0.25) is 4.79 Å². The summed E-state index contributed by atoms with van der Waals surface area (Å²) in [6.45, 7) is 6.28. The zero-order valence-electron chi connectivity index (χ0n) is 12.2. The second-order valence-electron chi connectivity index (χ2n) is 5.98. The first-order chi connectivity index (χ1) is 9.31. The Morgan fingerprint density at radius 2 is 2.26 bits per heavy atom. The van der Waals surface area contributed by atoms with Gasteiger partial charge < -0.3 is 10.2 Å². The Kier molecular flexibility index (Phi) is 5.90. The van der Waals surface area contributed by atoms with Crippen molar-refractivity contribution in [1.29, 1.82) is 0 Å². The maximum atomic E-state index is 12.6. The van der Waals surface area contributed by atoms with E-state index in [1.165, 1.54) is 12.8 Å². The molecule has 3 nitrogen and oxygen atoms in total. The summed E-state index contributed by atoms with van der Waals surface area (Å²) in [6, 6.07) is 0. The summed E-state index contributed by atoms with van der Waals surface area (Å²) < 4.78 is 0. The number of carbonyl (C=O) groups is 1. The third-order valence-electron chi connectivity index (χ3n) is 4.30. The number of allylic oxidation sites excluding steroid dienone is 2. The minimum absolute atomic E-state index is 0.244.